The summed E-state index contributed by atoms with van der Waals surface area (Å²) in [5.74, 6) is -0.151. The molecule has 1 aliphatic rings. The Labute approximate surface area is 135 Å². The zero-order valence-electron chi connectivity index (χ0n) is 11.5. The van der Waals surface area contributed by atoms with Gasteiger partial charge in [-0.15, -0.1) is 0 Å². The Hall–Kier alpha value is -1.35. The minimum atomic E-state index is -4.44. The van der Waals surface area contributed by atoms with Crippen molar-refractivity contribution in [2.24, 2.45) is 0 Å². The van der Waals surface area contributed by atoms with E-state index >= 15 is 0 Å². The largest absolute Gasteiger partial charge is 0.417 e. The minimum Gasteiger partial charge on any atom is -0.358 e. The lowest BCUT2D eigenvalue weighted by atomic mass is 10.3. The summed E-state index contributed by atoms with van der Waals surface area (Å²) in [6, 6.07) is 2.01. The fourth-order valence-corrected chi connectivity index (χ4v) is 2.98. The summed E-state index contributed by atoms with van der Waals surface area (Å²) in [7, 11) is 0. The Morgan fingerprint density at radius 1 is 1.36 bits per heavy atom. The maximum atomic E-state index is 12.4. The molecular formula is C13H14F3N3OS2. The third-order valence-corrected chi connectivity index (χ3v) is 4.57. The molecule has 0 aromatic carbocycles. The molecule has 0 spiro atoms. The number of nitrogens with one attached hydrogen (secondary N) is 1. The van der Waals surface area contributed by atoms with E-state index in [0.717, 1.165) is 38.1 Å². The van der Waals surface area contributed by atoms with E-state index in [1.807, 2.05) is 4.90 Å². The smallest absolute Gasteiger partial charge is 0.358 e. The van der Waals surface area contributed by atoms with Crippen molar-refractivity contribution in [3.8, 4) is 0 Å². The van der Waals surface area contributed by atoms with Crippen LogP contribution in [-0.2, 0) is 11.0 Å². The first-order valence-corrected chi connectivity index (χ1v) is 8.00. The summed E-state index contributed by atoms with van der Waals surface area (Å²) in [5, 5.41) is 2.45. The highest BCUT2D eigenvalue weighted by molar-refractivity contribution is 8.23. The predicted molar refractivity (Wildman–Crippen MR) is 83.7 cm³/mol. The molecule has 1 saturated heterocycles. The molecule has 22 heavy (non-hydrogen) atoms. The van der Waals surface area contributed by atoms with E-state index in [9.17, 15) is 18.0 Å². The molecule has 1 fully saturated rings. The van der Waals surface area contributed by atoms with Crippen LogP contribution >= 0.6 is 24.0 Å². The number of anilines is 1. The van der Waals surface area contributed by atoms with E-state index in [4.69, 9.17) is 12.2 Å². The molecule has 1 aromatic heterocycles. The van der Waals surface area contributed by atoms with Gasteiger partial charge in [0.15, 0.2) is 0 Å². The molecule has 1 aliphatic heterocycles. The Balaban J connectivity index is 1.80. The van der Waals surface area contributed by atoms with Gasteiger partial charge in [-0.3, -0.25) is 4.79 Å². The Morgan fingerprint density at radius 3 is 2.59 bits per heavy atom. The van der Waals surface area contributed by atoms with Crippen molar-refractivity contribution < 1.29 is 18.0 Å². The van der Waals surface area contributed by atoms with Crippen LogP contribution in [0.4, 0.5) is 19.0 Å². The number of pyridine rings is 1. The summed E-state index contributed by atoms with van der Waals surface area (Å²) in [5.41, 5.74) is -0.852. The molecule has 0 saturated carbocycles. The molecule has 1 amide bonds. The third kappa shape index (κ3) is 4.84. The molecule has 0 unspecified atom stereocenters. The van der Waals surface area contributed by atoms with Crippen molar-refractivity contribution in [1.82, 2.24) is 9.88 Å². The minimum absolute atomic E-state index is 0.0886. The number of thiocarbonyl (C=S) groups is 1. The Morgan fingerprint density at radius 2 is 2.05 bits per heavy atom. The van der Waals surface area contributed by atoms with Crippen molar-refractivity contribution in [3.63, 3.8) is 0 Å². The van der Waals surface area contributed by atoms with Crippen molar-refractivity contribution >= 4 is 40.0 Å². The first-order chi connectivity index (χ1) is 10.4. The predicted octanol–water partition coefficient (Wildman–Crippen LogP) is 3.15. The van der Waals surface area contributed by atoms with E-state index in [0.29, 0.717) is 10.5 Å². The van der Waals surface area contributed by atoms with Gasteiger partial charge in [-0.1, -0.05) is 24.0 Å². The van der Waals surface area contributed by atoms with Gasteiger partial charge in [0.25, 0.3) is 0 Å². The van der Waals surface area contributed by atoms with Gasteiger partial charge < -0.3 is 10.2 Å². The SMILES string of the molecule is O=C(CSC(=S)N1CCCC1)Nc1ccc(C(F)(F)F)cn1. The highest BCUT2D eigenvalue weighted by Crippen LogP contribution is 2.28. The number of rotatable bonds is 3. The van der Waals surface area contributed by atoms with Gasteiger partial charge in [-0.25, -0.2) is 4.98 Å². The highest BCUT2D eigenvalue weighted by atomic mass is 32.2. The summed E-state index contributed by atoms with van der Waals surface area (Å²) in [4.78, 5) is 17.4. The number of hydrogen-bond acceptors (Lipinski definition) is 4. The van der Waals surface area contributed by atoms with E-state index in [-0.39, 0.29) is 17.5 Å². The highest BCUT2D eigenvalue weighted by Gasteiger charge is 2.30. The van der Waals surface area contributed by atoms with Gasteiger partial charge >= 0.3 is 6.18 Å². The van der Waals surface area contributed by atoms with Crippen LogP contribution in [0.1, 0.15) is 18.4 Å². The molecule has 2 heterocycles. The van der Waals surface area contributed by atoms with Gasteiger partial charge in [-0.2, -0.15) is 13.2 Å². The van der Waals surface area contributed by atoms with Crippen LogP contribution in [0.3, 0.4) is 0 Å². The van der Waals surface area contributed by atoms with E-state index in [2.05, 4.69) is 10.3 Å². The maximum Gasteiger partial charge on any atom is 0.417 e. The fourth-order valence-electron chi connectivity index (χ4n) is 1.93. The monoisotopic (exact) mass is 349 g/mol. The Kier molecular flexibility index (Phi) is 5.63. The van der Waals surface area contributed by atoms with Gasteiger partial charge in [0, 0.05) is 19.3 Å². The van der Waals surface area contributed by atoms with Crippen LogP contribution in [0.5, 0.6) is 0 Å². The van der Waals surface area contributed by atoms with Crippen molar-refractivity contribution in [1.29, 1.82) is 0 Å². The normalized spacial score (nSPS) is 15.0. The van der Waals surface area contributed by atoms with Crippen LogP contribution in [0.25, 0.3) is 0 Å². The van der Waals surface area contributed by atoms with Gasteiger partial charge in [0.05, 0.1) is 11.3 Å². The molecule has 0 radical (unpaired) electrons. The van der Waals surface area contributed by atoms with Crippen LogP contribution in [0, 0.1) is 0 Å². The number of alkyl halides is 3. The fraction of sp³-hybridized carbons (Fsp3) is 0.462. The van der Waals surface area contributed by atoms with E-state index in [1.54, 1.807) is 0 Å². The number of carbonyl (C=O) groups excluding carboxylic acids is 1. The van der Waals surface area contributed by atoms with E-state index < -0.39 is 11.7 Å². The topological polar surface area (TPSA) is 45.2 Å². The standard InChI is InChI=1S/C13H14F3N3OS2/c14-13(15,16)9-3-4-10(17-7-9)18-11(20)8-22-12(21)19-5-1-2-6-19/h3-4,7H,1-2,5-6,8H2,(H,17,18,20). The quantitative estimate of drug-likeness (QED) is 0.850. The molecule has 0 atom stereocenters. The zero-order valence-corrected chi connectivity index (χ0v) is 13.2. The molecular weight excluding hydrogens is 335 g/mol. The lowest BCUT2D eigenvalue weighted by Gasteiger charge is -2.17. The molecule has 9 heteroatoms. The number of thioether (sulfide) groups is 1. The van der Waals surface area contributed by atoms with Crippen LogP contribution in [-0.4, -0.2) is 39.0 Å². The van der Waals surface area contributed by atoms with Crippen molar-refractivity contribution in [3.05, 3.63) is 23.9 Å². The van der Waals surface area contributed by atoms with Gasteiger partial charge in [0.2, 0.25) is 5.91 Å². The van der Waals surface area contributed by atoms with Crippen LogP contribution < -0.4 is 5.32 Å². The van der Waals surface area contributed by atoms with E-state index in [1.165, 1.54) is 11.8 Å². The average Bonchev–Trinajstić information content (AvgIpc) is 2.98. The first-order valence-electron chi connectivity index (χ1n) is 6.61. The van der Waals surface area contributed by atoms with Gasteiger partial charge in [0.1, 0.15) is 10.1 Å². The Bertz CT molecular complexity index is 542. The number of likely N-dealkylation sites (tertiary alicyclic amines) is 1. The summed E-state index contributed by atoms with van der Waals surface area (Å²) >= 11 is 6.47. The molecule has 0 aliphatic carbocycles. The number of amides is 1. The number of nitrogens with zero attached hydrogens (tertiary/aromatic N) is 2. The number of aromatic nitrogens is 1. The average molecular weight is 349 g/mol. The molecule has 0 bridgehead atoms. The number of halogens is 3. The first kappa shape index (κ1) is 17.0. The second-order valence-electron chi connectivity index (χ2n) is 4.73. The molecule has 1 N–H and O–H groups in total. The summed E-state index contributed by atoms with van der Waals surface area (Å²) < 4.78 is 37.8. The van der Waals surface area contributed by atoms with Gasteiger partial charge in [-0.05, 0) is 25.0 Å². The maximum absolute atomic E-state index is 12.4. The summed E-state index contributed by atoms with van der Waals surface area (Å²) in [6.07, 6.45) is -1.55. The van der Waals surface area contributed by atoms with Crippen LogP contribution in [0.15, 0.2) is 18.3 Å². The third-order valence-electron chi connectivity index (χ3n) is 3.05. The second-order valence-corrected chi connectivity index (χ2v) is 6.34. The number of hydrogen-bond donors (Lipinski definition) is 1. The molecule has 120 valence electrons. The summed E-state index contributed by atoms with van der Waals surface area (Å²) in [6.45, 7) is 1.82. The van der Waals surface area contributed by atoms with Crippen LogP contribution in [0.2, 0.25) is 0 Å². The lowest BCUT2D eigenvalue weighted by molar-refractivity contribution is -0.137. The van der Waals surface area contributed by atoms with Crippen molar-refractivity contribution in [2.45, 2.75) is 19.0 Å². The zero-order chi connectivity index (χ0) is 16.2. The van der Waals surface area contributed by atoms with Crippen molar-refractivity contribution in [2.75, 3.05) is 24.2 Å². The molecule has 4 nitrogen and oxygen atoms in total. The lowest BCUT2D eigenvalue weighted by Crippen LogP contribution is -2.25. The molecule has 1 aromatic rings. The second kappa shape index (κ2) is 7.28. The molecule has 2 rings (SSSR count). The number of carbonyl (C=O) groups is 1.